The molecule has 0 bridgehead atoms. The molecule has 1 heterocycles. The third-order valence-corrected chi connectivity index (χ3v) is 4.29. The number of aldehydes is 1. The lowest BCUT2D eigenvalue weighted by atomic mass is 10.1. The van der Waals surface area contributed by atoms with Crippen LogP contribution in [0.1, 0.15) is 20.7 Å². The zero-order chi connectivity index (χ0) is 17.8. The Labute approximate surface area is 144 Å². The number of nitro benzene ring substituents is 1. The molecule has 0 aromatic heterocycles. The van der Waals surface area contributed by atoms with Gasteiger partial charge in [-0.25, -0.2) is 0 Å². The van der Waals surface area contributed by atoms with E-state index in [-0.39, 0.29) is 11.6 Å². The molecule has 0 unspecified atom stereocenters. The van der Waals surface area contributed by atoms with Gasteiger partial charge < -0.3 is 9.80 Å². The average Bonchev–Trinajstić information content (AvgIpc) is 2.67. The van der Waals surface area contributed by atoms with Gasteiger partial charge in [-0.3, -0.25) is 19.7 Å². The third-order valence-electron chi connectivity index (χ3n) is 4.29. The van der Waals surface area contributed by atoms with Crippen LogP contribution in [0.5, 0.6) is 0 Å². The number of piperazine rings is 1. The van der Waals surface area contributed by atoms with Gasteiger partial charge in [-0.05, 0) is 36.4 Å². The van der Waals surface area contributed by atoms with Gasteiger partial charge in [-0.2, -0.15) is 0 Å². The number of rotatable bonds is 4. The van der Waals surface area contributed by atoms with Crippen molar-refractivity contribution in [3.8, 4) is 0 Å². The molecular weight excluding hydrogens is 322 g/mol. The quantitative estimate of drug-likeness (QED) is 0.485. The van der Waals surface area contributed by atoms with E-state index < -0.39 is 4.92 Å². The molecule has 7 nitrogen and oxygen atoms in total. The summed E-state index contributed by atoms with van der Waals surface area (Å²) in [7, 11) is 0. The predicted molar refractivity (Wildman–Crippen MR) is 93.0 cm³/mol. The highest BCUT2D eigenvalue weighted by Crippen LogP contribution is 2.19. The minimum atomic E-state index is -0.483. The Morgan fingerprint density at radius 2 is 1.56 bits per heavy atom. The monoisotopic (exact) mass is 339 g/mol. The van der Waals surface area contributed by atoms with Gasteiger partial charge in [0.05, 0.1) is 4.92 Å². The highest BCUT2D eigenvalue weighted by molar-refractivity contribution is 5.94. The Balaban J connectivity index is 1.61. The standard InChI is InChI=1S/C18H17N3O4/c22-13-14-1-5-16(6-2-14)19-9-11-20(12-10-19)18(23)15-3-7-17(8-4-15)21(24)25/h1-8,13H,9-12H2. The fourth-order valence-electron chi connectivity index (χ4n) is 2.84. The normalized spacial score (nSPS) is 14.2. The lowest BCUT2D eigenvalue weighted by molar-refractivity contribution is -0.384. The molecule has 0 atom stereocenters. The van der Waals surface area contributed by atoms with Crippen molar-refractivity contribution in [3.05, 3.63) is 69.8 Å². The highest BCUT2D eigenvalue weighted by atomic mass is 16.6. The first kappa shape index (κ1) is 16.6. The number of nitrogens with zero attached hydrogens (tertiary/aromatic N) is 3. The average molecular weight is 339 g/mol. The molecule has 0 N–H and O–H groups in total. The van der Waals surface area contributed by atoms with Crippen molar-refractivity contribution in [1.82, 2.24) is 4.90 Å². The molecule has 1 amide bonds. The van der Waals surface area contributed by atoms with Crippen LogP contribution in [0, 0.1) is 10.1 Å². The van der Waals surface area contributed by atoms with E-state index in [1.165, 1.54) is 24.3 Å². The second-order valence-electron chi connectivity index (χ2n) is 5.79. The molecule has 0 saturated carbocycles. The predicted octanol–water partition coefficient (Wildman–Crippen LogP) is 2.37. The SMILES string of the molecule is O=Cc1ccc(N2CCN(C(=O)c3ccc([N+](=O)[O-])cc3)CC2)cc1. The fraction of sp³-hybridized carbons (Fsp3) is 0.222. The maximum atomic E-state index is 12.5. The van der Waals surface area contributed by atoms with Gasteiger partial charge in [0.15, 0.2) is 0 Å². The number of nitro groups is 1. The topological polar surface area (TPSA) is 83.8 Å². The fourth-order valence-corrected chi connectivity index (χ4v) is 2.84. The lowest BCUT2D eigenvalue weighted by Gasteiger charge is -2.36. The number of carbonyl (C=O) groups is 2. The van der Waals surface area contributed by atoms with Crippen LogP contribution in [-0.4, -0.2) is 48.2 Å². The van der Waals surface area contributed by atoms with E-state index in [1.54, 1.807) is 17.0 Å². The highest BCUT2D eigenvalue weighted by Gasteiger charge is 2.22. The van der Waals surface area contributed by atoms with E-state index in [2.05, 4.69) is 4.90 Å². The van der Waals surface area contributed by atoms with Crippen molar-refractivity contribution in [2.45, 2.75) is 0 Å². The Morgan fingerprint density at radius 1 is 0.960 bits per heavy atom. The summed E-state index contributed by atoms with van der Waals surface area (Å²) < 4.78 is 0. The Kier molecular flexibility index (Phi) is 4.74. The van der Waals surface area contributed by atoms with Crippen molar-refractivity contribution in [3.63, 3.8) is 0 Å². The summed E-state index contributed by atoms with van der Waals surface area (Å²) in [6.45, 7) is 2.54. The number of benzene rings is 2. The number of hydrogen-bond acceptors (Lipinski definition) is 5. The van der Waals surface area contributed by atoms with E-state index in [0.29, 0.717) is 37.3 Å². The molecule has 0 radical (unpaired) electrons. The van der Waals surface area contributed by atoms with E-state index in [1.807, 2.05) is 12.1 Å². The summed E-state index contributed by atoms with van der Waals surface area (Å²) in [6.07, 6.45) is 0.810. The maximum Gasteiger partial charge on any atom is 0.269 e. The molecule has 0 spiro atoms. The molecule has 1 aliphatic heterocycles. The molecule has 7 heteroatoms. The minimum Gasteiger partial charge on any atom is -0.368 e. The number of hydrogen-bond donors (Lipinski definition) is 0. The van der Waals surface area contributed by atoms with Crippen molar-refractivity contribution < 1.29 is 14.5 Å². The summed E-state index contributed by atoms with van der Waals surface area (Å²) in [6, 6.07) is 13.0. The van der Waals surface area contributed by atoms with Crippen LogP contribution in [-0.2, 0) is 0 Å². The maximum absolute atomic E-state index is 12.5. The summed E-state index contributed by atoms with van der Waals surface area (Å²) in [5.74, 6) is -0.120. The Bertz CT molecular complexity index is 779. The van der Waals surface area contributed by atoms with Crippen LogP contribution < -0.4 is 4.90 Å². The number of carbonyl (C=O) groups excluding carboxylic acids is 2. The summed E-state index contributed by atoms with van der Waals surface area (Å²) in [5, 5.41) is 10.7. The zero-order valence-electron chi connectivity index (χ0n) is 13.5. The van der Waals surface area contributed by atoms with Gasteiger partial charge in [-0.15, -0.1) is 0 Å². The van der Waals surface area contributed by atoms with E-state index in [9.17, 15) is 19.7 Å². The van der Waals surface area contributed by atoms with Crippen LogP contribution in [0.4, 0.5) is 11.4 Å². The molecule has 2 aromatic rings. The smallest absolute Gasteiger partial charge is 0.269 e. The van der Waals surface area contributed by atoms with Crippen molar-refractivity contribution >= 4 is 23.6 Å². The van der Waals surface area contributed by atoms with Gasteiger partial charge >= 0.3 is 0 Å². The first-order valence-corrected chi connectivity index (χ1v) is 7.92. The summed E-state index contributed by atoms with van der Waals surface area (Å²) in [5.41, 5.74) is 2.08. The minimum absolute atomic E-state index is 0.0276. The van der Waals surface area contributed by atoms with Gasteiger partial charge in [0, 0.05) is 55.1 Å². The molecule has 25 heavy (non-hydrogen) atoms. The molecule has 0 aliphatic carbocycles. The molecule has 128 valence electrons. The molecule has 1 fully saturated rings. The molecule has 1 saturated heterocycles. The third kappa shape index (κ3) is 3.65. The zero-order valence-corrected chi connectivity index (χ0v) is 13.5. The van der Waals surface area contributed by atoms with Crippen molar-refractivity contribution in [2.75, 3.05) is 31.1 Å². The van der Waals surface area contributed by atoms with E-state index >= 15 is 0 Å². The van der Waals surface area contributed by atoms with Crippen LogP contribution >= 0.6 is 0 Å². The lowest BCUT2D eigenvalue weighted by Crippen LogP contribution is -2.48. The first-order valence-electron chi connectivity index (χ1n) is 7.92. The summed E-state index contributed by atoms with van der Waals surface area (Å²) in [4.78, 5) is 37.3. The molecule has 1 aliphatic rings. The van der Waals surface area contributed by atoms with Gasteiger partial charge in [0.1, 0.15) is 6.29 Å². The first-order chi connectivity index (χ1) is 12.1. The van der Waals surface area contributed by atoms with Crippen LogP contribution in [0.15, 0.2) is 48.5 Å². The van der Waals surface area contributed by atoms with Gasteiger partial charge in [0.25, 0.3) is 11.6 Å². The van der Waals surface area contributed by atoms with Crippen molar-refractivity contribution in [1.29, 1.82) is 0 Å². The number of non-ortho nitro benzene ring substituents is 1. The second kappa shape index (κ2) is 7.12. The Hall–Kier alpha value is -3.22. The van der Waals surface area contributed by atoms with Crippen LogP contribution in [0.25, 0.3) is 0 Å². The summed E-state index contributed by atoms with van der Waals surface area (Å²) >= 11 is 0. The van der Waals surface area contributed by atoms with Crippen LogP contribution in [0.2, 0.25) is 0 Å². The van der Waals surface area contributed by atoms with E-state index in [4.69, 9.17) is 0 Å². The number of amides is 1. The van der Waals surface area contributed by atoms with Gasteiger partial charge in [-0.1, -0.05) is 0 Å². The number of anilines is 1. The van der Waals surface area contributed by atoms with Crippen molar-refractivity contribution in [2.24, 2.45) is 0 Å². The molecular formula is C18H17N3O4. The molecule has 3 rings (SSSR count). The Morgan fingerprint density at radius 3 is 2.08 bits per heavy atom. The largest absolute Gasteiger partial charge is 0.368 e. The molecule has 2 aromatic carbocycles. The second-order valence-corrected chi connectivity index (χ2v) is 5.79. The van der Waals surface area contributed by atoms with Gasteiger partial charge in [0.2, 0.25) is 0 Å². The van der Waals surface area contributed by atoms with E-state index in [0.717, 1.165) is 12.0 Å². The van der Waals surface area contributed by atoms with Crippen LogP contribution in [0.3, 0.4) is 0 Å².